The van der Waals surface area contributed by atoms with Crippen LogP contribution in [0.1, 0.15) is 61.1 Å². The molecule has 0 spiro atoms. The monoisotopic (exact) mass is 500 g/mol. The van der Waals surface area contributed by atoms with E-state index < -0.39 is 9.84 Å². The highest BCUT2D eigenvalue weighted by Gasteiger charge is 2.34. The zero-order valence-corrected chi connectivity index (χ0v) is 21.5. The highest BCUT2D eigenvalue weighted by Crippen LogP contribution is 2.38. The summed E-state index contributed by atoms with van der Waals surface area (Å²) in [5.74, 6) is 0.447. The van der Waals surface area contributed by atoms with E-state index in [0.717, 1.165) is 61.9 Å². The summed E-state index contributed by atoms with van der Waals surface area (Å²) in [6.07, 6.45) is 5.12. The lowest BCUT2D eigenvalue weighted by Crippen LogP contribution is -2.25. The van der Waals surface area contributed by atoms with E-state index in [2.05, 4.69) is 11.8 Å². The largest absolute Gasteiger partial charge is 0.423 e. The first kappa shape index (κ1) is 24.3. The molecule has 36 heavy (non-hydrogen) atoms. The molecule has 1 aliphatic heterocycles. The van der Waals surface area contributed by atoms with E-state index in [1.54, 1.807) is 12.1 Å². The fourth-order valence-electron chi connectivity index (χ4n) is 4.87. The minimum atomic E-state index is -3.88. The zero-order chi connectivity index (χ0) is 25.0. The van der Waals surface area contributed by atoms with Crippen molar-refractivity contribution >= 4 is 15.7 Å². The Bertz CT molecular complexity index is 1330. The van der Waals surface area contributed by atoms with Gasteiger partial charge in [-0.15, -0.1) is 0 Å². The Morgan fingerprint density at radius 3 is 1.89 bits per heavy atom. The molecule has 0 saturated carbocycles. The first-order valence-corrected chi connectivity index (χ1v) is 14.3. The number of nitrogens with zero attached hydrogens (tertiary/aromatic N) is 2. The number of aromatic nitrogens is 1. The first-order chi connectivity index (χ1) is 17.6. The molecular weight excluding hydrogens is 468 g/mol. The van der Waals surface area contributed by atoms with Crippen molar-refractivity contribution in [3.8, 4) is 0 Å². The molecule has 2 heterocycles. The van der Waals surface area contributed by atoms with Crippen molar-refractivity contribution in [2.24, 2.45) is 0 Å². The third-order valence-electron chi connectivity index (χ3n) is 6.90. The Labute approximate surface area is 213 Å². The lowest BCUT2D eigenvalue weighted by Gasteiger charge is -2.20. The van der Waals surface area contributed by atoms with Crippen LogP contribution in [-0.4, -0.2) is 26.5 Å². The molecule has 5 nitrogen and oxygen atoms in total. The summed E-state index contributed by atoms with van der Waals surface area (Å²) in [6, 6.07) is 27.1. The Hall–Kier alpha value is -3.38. The van der Waals surface area contributed by atoms with Crippen LogP contribution < -0.4 is 4.90 Å². The molecule has 0 amide bonds. The molecule has 1 aliphatic rings. The van der Waals surface area contributed by atoms with Gasteiger partial charge >= 0.3 is 0 Å². The molecule has 0 radical (unpaired) electrons. The van der Waals surface area contributed by atoms with Gasteiger partial charge in [-0.1, -0.05) is 92.6 Å². The second kappa shape index (κ2) is 10.7. The summed E-state index contributed by atoms with van der Waals surface area (Å²) in [7, 11) is -3.88. The molecule has 0 aliphatic carbocycles. The number of hydrogen-bond donors (Lipinski definition) is 0. The third-order valence-corrected chi connectivity index (χ3v) is 8.57. The smallest absolute Gasteiger partial charge is 0.236 e. The minimum Gasteiger partial charge on any atom is -0.423 e. The number of rotatable bonds is 7. The van der Waals surface area contributed by atoms with Gasteiger partial charge in [0.05, 0.1) is 10.8 Å². The second-order valence-corrected chi connectivity index (χ2v) is 11.2. The Morgan fingerprint density at radius 2 is 1.36 bits per heavy atom. The minimum absolute atomic E-state index is 0.0144. The summed E-state index contributed by atoms with van der Waals surface area (Å²) in [4.78, 5) is 7.08. The summed E-state index contributed by atoms with van der Waals surface area (Å²) < 4.78 is 34.4. The topological polar surface area (TPSA) is 63.4 Å². The summed E-state index contributed by atoms with van der Waals surface area (Å²) >= 11 is 0. The number of benzene rings is 3. The molecule has 0 N–H and O–H groups in total. The lowest BCUT2D eigenvalue weighted by molar-refractivity contribution is 0.477. The molecular formula is C30H32N2O3S. The van der Waals surface area contributed by atoms with Gasteiger partial charge in [0, 0.05) is 13.1 Å². The van der Waals surface area contributed by atoms with Crippen LogP contribution in [0.5, 0.6) is 0 Å². The van der Waals surface area contributed by atoms with Crippen molar-refractivity contribution in [3.05, 3.63) is 108 Å². The number of aryl methyl sites for hydroxylation is 1. The van der Waals surface area contributed by atoms with Crippen LogP contribution in [0.4, 0.5) is 5.88 Å². The van der Waals surface area contributed by atoms with Crippen molar-refractivity contribution in [2.45, 2.75) is 54.9 Å². The maximum absolute atomic E-state index is 13.9. The van der Waals surface area contributed by atoms with E-state index in [1.807, 2.05) is 72.8 Å². The highest BCUT2D eigenvalue weighted by molar-refractivity contribution is 7.91. The average molecular weight is 501 g/mol. The van der Waals surface area contributed by atoms with E-state index in [-0.39, 0.29) is 15.8 Å². The van der Waals surface area contributed by atoms with E-state index in [4.69, 9.17) is 9.40 Å². The van der Waals surface area contributed by atoms with Crippen LogP contribution in [0.25, 0.3) is 0 Å². The molecule has 0 bridgehead atoms. The van der Waals surface area contributed by atoms with E-state index in [1.165, 1.54) is 0 Å². The SMILES string of the molecule is CCc1ccc(S(=O)(=O)c2nc(C(c3ccccc3)c3ccccc3)oc2N2CCCCCC2)cc1. The van der Waals surface area contributed by atoms with Gasteiger partial charge in [-0.2, -0.15) is 4.98 Å². The van der Waals surface area contributed by atoms with Gasteiger partial charge in [0.25, 0.3) is 0 Å². The molecule has 5 rings (SSSR count). The van der Waals surface area contributed by atoms with Crippen molar-refractivity contribution in [3.63, 3.8) is 0 Å². The Balaban J connectivity index is 1.67. The van der Waals surface area contributed by atoms with Crippen LogP contribution in [0.3, 0.4) is 0 Å². The normalized spacial score (nSPS) is 14.7. The van der Waals surface area contributed by atoms with Crippen LogP contribution in [0.2, 0.25) is 0 Å². The molecule has 1 aromatic heterocycles. The highest BCUT2D eigenvalue weighted by atomic mass is 32.2. The van der Waals surface area contributed by atoms with E-state index in [0.29, 0.717) is 11.8 Å². The lowest BCUT2D eigenvalue weighted by atomic mass is 9.91. The van der Waals surface area contributed by atoms with E-state index in [9.17, 15) is 8.42 Å². The van der Waals surface area contributed by atoms with Crippen molar-refractivity contribution in [1.82, 2.24) is 4.98 Å². The molecule has 186 valence electrons. The Morgan fingerprint density at radius 1 is 0.806 bits per heavy atom. The molecule has 1 fully saturated rings. The first-order valence-electron chi connectivity index (χ1n) is 12.8. The van der Waals surface area contributed by atoms with Crippen molar-refractivity contribution in [2.75, 3.05) is 18.0 Å². The molecule has 0 atom stereocenters. The quantitative estimate of drug-likeness (QED) is 0.285. The molecule has 4 aromatic rings. The van der Waals surface area contributed by atoms with Gasteiger partial charge in [-0.3, -0.25) is 0 Å². The van der Waals surface area contributed by atoms with Crippen LogP contribution in [0.15, 0.2) is 99.3 Å². The fraction of sp³-hybridized carbons (Fsp3) is 0.300. The fourth-order valence-corrected chi connectivity index (χ4v) is 6.20. The van der Waals surface area contributed by atoms with Crippen molar-refractivity contribution in [1.29, 1.82) is 0 Å². The van der Waals surface area contributed by atoms with Gasteiger partial charge in [-0.05, 0) is 48.1 Å². The summed E-state index contributed by atoms with van der Waals surface area (Å²) in [5.41, 5.74) is 3.10. The Kier molecular flexibility index (Phi) is 7.23. The van der Waals surface area contributed by atoms with Crippen LogP contribution in [-0.2, 0) is 16.3 Å². The van der Waals surface area contributed by atoms with Crippen LogP contribution in [0, 0.1) is 0 Å². The number of anilines is 1. The van der Waals surface area contributed by atoms with Gasteiger partial charge < -0.3 is 9.32 Å². The number of sulfone groups is 1. The van der Waals surface area contributed by atoms with Crippen molar-refractivity contribution < 1.29 is 12.8 Å². The second-order valence-electron chi connectivity index (χ2n) is 9.32. The van der Waals surface area contributed by atoms with E-state index >= 15 is 0 Å². The summed E-state index contributed by atoms with van der Waals surface area (Å²) in [6.45, 7) is 3.57. The summed E-state index contributed by atoms with van der Waals surface area (Å²) in [5, 5.41) is 0.0144. The molecule has 6 heteroatoms. The third kappa shape index (κ3) is 4.96. The maximum atomic E-state index is 13.9. The van der Waals surface area contributed by atoms with Gasteiger partial charge in [0.1, 0.15) is 0 Å². The predicted molar refractivity (Wildman–Crippen MR) is 142 cm³/mol. The van der Waals surface area contributed by atoms with Gasteiger partial charge in [0.2, 0.25) is 26.6 Å². The average Bonchev–Trinajstić information content (AvgIpc) is 3.18. The van der Waals surface area contributed by atoms with Gasteiger partial charge in [-0.25, -0.2) is 8.42 Å². The zero-order valence-electron chi connectivity index (χ0n) is 20.6. The standard InChI is InChI=1S/C30H32N2O3S/c1-2-23-17-19-26(20-18-23)36(33,34)29-30(32-21-11-3-4-12-22-32)35-28(31-29)27(24-13-7-5-8-14-24)25-15-9-6-10-16-25/h5-10,13-20,27H,2-4,11-12,21-22H2,1H3. The van der Waals surface area contributed by atoms with Crippen LogP contribution >= 0.6 is 0 Å². The molecule has 1 saturated heterocycles. The number of hydrogen-bond acceptors (Lipinski definition) is 5. The molecule has 3 aromatic carbocycles. The van der Waals surface area contributed by atoms with Gasteiger partial charge in [0.15, 0.2) is 0 Å². The molecule has 0 unspecified atom stereocenters. The predicted octanol–water partition coefficient (Wildman–Crippen LogP) is 6.63. The number of oxazole rings is 1. The maximum Gasteiger partial charge on any atom is 0.236 e.